The number of halogens is 2. The van der Waals surface area contributed by atoms with Crippen LogP contribution in [-0.4, -0.2) is 13.6 Å². The van der Waals surface area contributed by atoms with E-state index >= 15 is 0 Å². The van der Waals surface area contributed by atoms with Gasteiger partial charge in [0.2, 0.25) is 0 Å². The highest BCUT2D eigenvalue weighted by atomic mass is 79.9. The molecule has 1 fully saturated rings. The smallest absolute Gasteiger partial charge is 0.124 e. The zero-order valence-electron chi connectivity index (χ0n) is 13.3. The third-order valence-corrected chi connectivity index (χ3v) is 5.82. The molecule has 2 rings (SSSR count). The minimum absolute atomic E-state index is 0.166. The SMILES string of the molecule is CNCC1CCC(C(C)C)CC1Cc1ccc(F)cc1Br. The number of benzene rings is 1. The molecule has 0 heterocycles. The van der Waals surface area contributed by atoms with Gasteiger partial charge >= 0.3 is 0 Å². The van der Waals surface area contributed by atoms with Gasteiger partial charge in [0, 0.05) is 4.47 Å². The predicted octanol–water partition coefficient (Wildman–Crippen LogP) is 5.04. The maximum absolute atomic E-state index is 13.3. The van der Waals surface area contributed by atoms with Gasteiger partial charge in [-0.15, -0.1) is 0 Å². The molecule has 0 aliphatic heterocycles. The molecular formula is C18H27BrFN. The summed E-state index contributed by atoms with van der Waals surface area (Å²) in [6.45, 7) is 5.77. The Bertz CT molecular complexity index is 461. The van der Waals surface area contributed by atoms with Crippen LogP contribution in [0.5, 0.6) is 0 Å². The van der Waals surface area contributed by atoms with Crippen LogP contribution in [0.15, 0.2) is 22.7 Å². The van der Waals surface area contributed by atoms with E-state index in [0.29, 0.717) is 5.92 Å². The van der Waals surface area contributed by atoms with Gasteiger partial charge in [0.15, 0.2) is 0 Å². The monoisotopic (exact) mass is 355 g/mol. The van der Waals surface area contributed by atoms with Gasteiger partial charge in [-0.2, -0.15) is 0 Å². The quantitative estimate of drug-likeness (QED) is 0.780. The predicted molar refractivity (Wildman–Crippen MR) is 90.9 cm³/mol. The van der Waals surface area contributed by atoms with Crippen LogP contribution in [0, 0.1) is 29.5 Å². The summed E-state index contributed by atoms with van der Waals surface area (Å²) in [7, 11) is 2.04. The van der Waals surface area contributed by atoms with Gasteiger partial charge in [0.05, 0.1) is 0 Å². The minimum Gasteiger partial charge on any atom is -0.319 e. The zero-order valence-corrected chi connectivity index (χ0v) is 14.9. The molecule has 21 heavy (non-hydrogen) atoms. The van der Waals surface area contributed by atoms with E-state index in [1.165, 1.54) is 24.8 Å². The Morgan fingerprint density at radius 1 is 1.29 bits per heavy atom. The van der Waals surface area contributed by atoms with Crippen LogP contribution in [0.4, 0.5) is 4.39 Å². The molecule has 0 radical (unpaired) electrons. The molecule has 1 N–H and O–H groups in total. The molecule has 118 valence electrons. The van der Waals surface area contributed by atoms with Gasteiger partial charge < -0.3 is 5.32 Å². The standard InChI is InChI=1S/C18H27BrFN/c1-12(2)13-4-5-15(11-21-3)16(8-13)9-14-6-7-17(20)10-18(14)19/h6-7,10,12-13,15-16,21H,4-5,8-9,11H2,1-3H3. The first kappa shape index (κ1) is 17.0. The molecule has 3 unspecified atom stereocenters. The molecule has 1 aromatic carbocycles. The lowest BCUT2D eigenvalue weighted by Crippen LogP contribution is -2.34. The van der Waals surface area contributed by atoms with Crippen molar-refractivity contribution in [2.75, 3.05) is 13.6 Å². The molecule has 1 aliphatic rings. The maximum Gasteiger partial charge on any atom is 0.124 e. The van der Waals surface area contributed by atoms with E-state index in [1.54, 1.807) is 12.1 Å². The molecule has 1 nitrogen and oxygen atoms in total. The summed E-state index contributed by atoms with van der Waals surface area (Å²) in [5.41, 5.74) is 1.24. The van der Waals surface area contributed by atoms with E-state index in [1.807, 2.05) is 13.1 Å². The Morgan fingerprint density at radius 2 is 2.05 bits per heavy atom. The Morgan fingerprint density at radius 3 is 2.67 bits per heavy atom. The van der Waals surface area contributed by atoms with Crippen molar-refractivity contribution in [1.29, 1.82) is 0 Å². The van der Waals surface area contributed by atoms with E-state index < -0.39 is 0 Å². The summed E-state index contributed by atoms with van der Waals surface area (Å²) >= 11 is 3.52. The number of rotatable bonds is 5. The fourth-order valence-electron chi connectivity index (χ4n) is 3.72. The van der Waals surface area contributed by atoms with Crippen LogP contribution in [0.2, 0.25) is 0 Å². The lowest BCUT2D eigenvalue weighted by molar-refractivity contribution is 0.146. The van der Waals surface area contributed by atoms with E-state index in [0.717, 1.165) is 35.2 Å². The molecule has 0 aromatic heterocycles. The van der Waals surface area contributed by atoms with Gasteiger partial charge in [-0.05, 0) is 80.6 Å². The summed E-state index contributed by atoms with van der Waals surface area (Å²) in [5.74, 6) is 2.87. The first-order valence-corrected chi connectivity index (χ1v) is 8.89. The second-order valence-corrected chi connectivity index (χ2v) is 7.69. The van der Waals surface area contributed by atoms with Gasteiger partial charge in [-0.1, -0.05) is 35.8 Å². The fraction of sp³-hybridized carbons (Fsp3) is 0.667. The molecule has 1 aliphatic carbocycles. The van der Waals surface area contributed by atoms with Crippen LogP contribution in [-0.2, 0) is 6.42 Å². The van der Waals surface area contributed by atoms with Crippen LogP contribution >= 0.6 is 15.9 Å². The first-order chi connectivity index (χ1) is 10.0. The average Bonchev–Trinajstić information content (AvgIpc) is 2.43. The van der Waals surface area contributed by atoms with E-state index in [9.17, 15) is 4.39 Å². The van der Waals surface area contributed by atoms with Crippen molar-refractivity contribution in [3.05, 3.63) is 34.1 Å². The van der Waals surface area contributed by atoms with Crippen molar-refractivity contribution in [3.8, 4) is 0 Å². The largest absolute Gasteiger partial charge is 0.319 e. The zero-order chi connectivity index (χ0) is 15.4. The topological polar surface area (TPSA) is 12.0 Å². The number of hydrogen-bond donors (Lipinski definition) is 1. The van der Waals surface area contributed by atoms with Crippen LogP contribution < -0.4 is 5.32 Å². The van der Waals surface area contributed by atoms with Crippen molar-refractivity contribution in [3.63, 3.8) is 0 Å². The summed E-state index contributed by atoms with van der Waals surface area (Å²) in [6.07, 6.45) is 5.02. The van der Waals surface area contributed by atoms with Gasteiger partial charge in [0.1, 0.15) is 5.82 Å². The average molecular weight is 356 g/mol. The molecule has 0 amide bonds. The Hall–Kier alpha value is -0.410. The van der Waals surface area contributed by atoms with Crippen molar-refractivity contribution in [1.82, 2.24) is 5.32 Å². The molecule has 3 atom stereocenters. The third-order valence-electron chi connectivity index (χ3n) is 5.09. The van der Waals surface area contributed by atoms with E-state index in [4.69, 9.17) is 0 Å². The van der Waals surface area contributed by atoms with Crippen LogP contribution in [0.3, 0.4) is 0 Å². The maximum atomic E-state index is 13.3. The van der Waals surface area contributed by atoms with Crippen LogP contribution in [0.25, 0.3) is 0 Å². The molecule has 0 saturated heterocycles. The van der Waals surface area contributed by atoms with Crippen LogP contribution in [0.1, 0.15) is 38.7 Å². The second-order valence-electron chi connectivity index (χ2n) is 6.83. The van der Waals surface area contributed by atoms with Crippen molar-refractivity contribution >= 4 is 15.9 Å². The van der Waals surface area contributed by atoms with Crippen molar-refractivity contribution in [2.45, 2.75) is 39.5 Å². The summed E-state index contributed by atoms with van der Waals surface area (Å²) in [5, 5.41) is 3.35. The van der Waals surface area contributed by atoms with E-state index in [2.05, 4.69) is 35.1 Å². The molecular weight excluding hydrogens is 329 g/mol. The third kappa shape index (κ3) is 4.53. The lowest BCUT2D eigenvalue weighted by Gasteiger charge is -2.38. The molecule has 1 aromatic rings. The molecule has 3 heteroatoms. The Labute approximate surface area is 136 Å². The summed E-state index contributed by atoms with van der Waals surface area (Å²) in [6, 6.07) is 5.11. The normalized spacial score (nSPS) is 26.3. The number of hydrogen-bond acceptors (Lipinski definition) is 1. The fourth-order valence-corrected chi connectivity index (χ4v) is 4.23. The van der Waals surface area contributed by atoms with Gasteiger partial charge in [-0.25, -0.2) is 4.39 Å². The van der Waals surface area contributed by atoms with Crippen molar-refractivity contribution < 1.29 is 4.39 Å². The van der Waals surface area contributed by atoms with Crippen molar-refractivity contribution in [2.24, 2.45) is 23.7 Å². The van der Waals surface area contributed by atoms with Gasteiger partial charge in [-0.3, -0.25) is 0 Å². The first-order valence-electron chi connectivity index (χ1n) is 8.09. The second kappa shape index (κ2) is 7.73. The highest BCUT2D eigenvalue weighted by Crippen LogP contribution is 2.39. The van der Waals surface area contributed by atoms with E-state index in [-0.39, 0.29) is 5.82 Å². The lowest BCUT2D eigenvalue weighted by atomic mass is 9.68. The number of nitrogens with one attached hydrogen (secondary N) is 1. The Balaban J connectivity index is 2.11. The Kier molecular flexibility index (Phi) is 6.24. The summed E-state index contributed by atoms with van der Waals surface area (Å²) < 4.78 is 14.2. The highest BCUT2D eigenvalue weighted by Gasteiger charge is 2.31. The van der Waals surface area contributed by atoms with Gasteiger partial charge in [0.25, 0.3) is 0 Å². The minimum atomic E-state index is -0.166. The highest BCUT2D eigenvalue weighted by molar-refractivity contribution is 9.10. The molecule has 0 spiro atoms. The molecule has 1 saturated carbocycles. The summed E-state index contributed by atoms with van der Waals surface area (Å²) in [4.78, 5) is 0. The molecule has 0 bridgehead atoms.